The number of hydrogen-bond acceptors (Lipinski definition) is 4. The van der Waals surface area contributed by atoms with E-state index < -0.39 is 23.8 Å². The fourth-order valence-electron chi connectivity index (χ4n) is 3.28. The normalized spacial score (nSPS) is 18.3. The highest BCUT2D eigenvalue weighted by Crippen LogP contribution is 2.29. The Balaban J connectivity index is 1.83. The van der Waals surface area contributed by atoms with E-state index in [-0.39, 0.29) is 24.8 Å². The molecule has 1 aromatic rings. The zero-order chi connectivity index (χ0) is 22.1. The summed E-state index contributed by atoms with van der Waals surface area (Å²) in [4.78, 5) is 24.3. The zero-order valence-electron chi connectivity index (χ0n) is 16.5. The molecule has 0 aromatic heterocycles. The number of hydrogen-bond donors (Lipinski definition) is 2. The second kappa shape index (κ2) is 11.4. The van der Waals surface area contributed by atoms with Gasteiger partial charge < -0.3 is 15.1 Å². The molecule has 2 rings (SSSR count). The molecule has 166 valence electrons. The van der Waals surface area contributed by atoms with Crippen molar-refractivity contribution in [2.75, 3.05) is 18.1 Å². The van der Waals surface area contributed by atoms with E-state index in [1.54, 1.807) is 28.8 Å². The number of nitrogens with zero attached hydrogens (tertiary/aromatic N) is 1. The second-order valence-corrected chi connectivity index (χ2v) is 8.38. The number of aliphatic hydroxyl groups excluding tert-OH is 1. The molecule has 0 radical (unpaired) electrons. The number of carboxylic acid groups (broad SMARTS) is 1. The fraction of sp³-hybridized carbons (Fsp3) is 0.524. The minimum atomic E-state index is -4.42. The molecule has 2 N–H and O–H groups in total. The Labute approximate surface area is 178 Å². The van der Waals surface area contributed by atoms with Crippen LogP contribution in [0.1, 0.15) is 36.8 Å². The van der Waals surface area contributed by atoms with Crippen molar-refractivity contribution in [3.8, 4) is 0 Å². The van der Waals surface area contributed by atoms with Gasteiger partial charge in [-0.3, -0.25) is 9.59 Å². The highest BCUT2D eigenvalue weighted by molar-refractivity contribution is 7.99. The van der Waals surface area contributed by atoms with Gasteiger partial charge in [0.25, 0.3) is 0 Å². The molecule has 1 heterocycles. The van der Waals surface area contributed by atoms with Crippen LogP contribution < -0.4 is 0 Å². The number of rotatable bonds is 11. The zero-order valence-corrected chi connectivity index (χ0v) is 17.3. The van der Waals surface area contributed by atoms with E-state index in [4.69, 9.17) is 5.11 Å². The van der Waals surface area contributed by atoms with Crippen molar-refractivity contribution < 1.29 is 33.0 Å². The summed E-state index contributed by atoms with van der Waals surface area (Å²) in [5, 5.41) is 18.8. The van der Waals surface area contributed by atoms with Gasteiger partial charge in [-0.15, -0.1) is 0 Å². The lowest BCUT2D eigenvalue weighted by Crippen LogP contribution is -2.34. The molecule has 1 fully saturated rings. The van der Waals surface area contributed by atoms with Gasteiger partial charge in [-0.1, -0.05) is 30.4 Å². The van der Waals surface area contributed by atoms with E-state index in [1.165, 1.54) is 12.1 Å². The Bertz CT molecular complexity index is 754. The lowest BCUT2D eigenvalue weighted by molar-refractivity contribution is -0.138. The van der Waals surface area contributed by atoms with Crippen LogP contribution in [-0.4, -0.2) is 57.2 Å². The number of alkyl halides is 3. The number of carboxylic acids is 1. The van der Waals surface area contributed by atoms with Crippen molar-refractivity contribution in [2.45, 2.75) is 50.4 Å². The van der Waals surface area contributed by atoms with Crippen molar-refractivity contribution >= 4 is 23.6 Å². The molecule has 9 heteroatoms. The Morgan fingerprint density at radius 3 is 2.80 bits per heavy atom. The van der Waals surface area contributed by atoms with Crippen molar-refractivity contribution in [1.82, 2.24) is 4.90 Å². The third-order valence-electron chi connectivity index (χ3n) is 4.79. The summed E-state index contributed by atoms with van der Waals surface area (Å²) in [6.45, 7) is 0.537. The number of amides is 1. The standard InChI is InChI=1S/C21H26F3NO4S/c22-21(23,24)16-4-1-3-15(13-16)14-18(26)8-6-17-7-9-19(27)25(17)10-12-30-11-2-5-20(28)29/h1,3-4,6,8,13,17-18,26H,2,5,7,9-12,14H2,(H,28,29)/b8-6+/t17-,18+/m0/s1. The molecule has 1 amide bonds. The summed E-state index contributed by atoms with van der Waals surface area (Å²) in [6, 6.07) is 4.74. The molecule has 1 aromatic carbocycles. The molecule has 1 saturated heterocycles. The smallest absolute Gasteiger partial charge is 0.416 e. The average molecular weight is 446 g/mol. The van der Waals surface area contributed by atoms with Crippen LogP contribution in [0.4, 0.5) is 13.2 Å². The maximum absolute atomic E-state index is 12.8. The van der Waals surface area contributed by atoms with Gasteiger partial charge in [0.1, 0.15) is 0 Å². The van der Waals surface area contributed by atoms with E-state index in [0.29, 0.717) is 42.9 Å². The van der Waals surface area contributed by atoms with Gasteiger partial charge in [-0.25, -0.2) is 0 Å². The van der Waals surface area contributed by atoms with Crippen LogP contribution in [0.5, 0.6) is 0 Å². The predicted molar refractivity (Wildman–Crippen MR) is 109 cm³/mol. The summed E-state index contributed by atoms with van der Waals surface area (Å²) >= 11 is 1.59. The summed E-state index contributed by atoms with van der Waals surface area (Å²) in [5.41, 5.74) is -0.358. The molecule has 1 aliphatic rings. The number of benzene rings is 1. The van der Waals surface area contributed by atoms with E-state index in [9.17, 15) is 27.9 Å². The number of carbonyl (C=O) groups is 2. The van der Waals surface area contributed by atoms with E-state index >= 15 is 0 Å². The third-order valence-corrected chi connectivity index (χ3v) is 5.83. The SMILES string of the molecule is O=C(O)CCCSCCN1C(=O)CC[C@@H]1/C=C/[C@@H](O)Cc1cccc(C(F)(F)F)c1. The summed E-state index contributed by atoms with van der Waals surface area (Å²) in [6.07, 6.45) is -0.263. The van der Waals surface area contributed by atoms with Gasteiger partial charge >= 0.3 is 12.1 Å². The van der Waals surface area contributed by atoms with Crippen LogP contribution in [0.15, 0.2) is 36.4 Å². The first-order chi connectivity index (χ1) is 14.2. The molecule has 2 atom stereocenters. The Morgan fingerprint density at radius 1 is 1.33 bits per heavy atom. The van der Waals surface area contributed by atoms with E-state index in [0.717, 1.165) is 12.1 Å². The van der Waals surface area contributed by atoms with Crippen molar-refractivity contribution in [3.05, 3.63) is 47.5 Å². The number of thioether (sulfide) groups is 1. The number of halogens is 3. The van der Waals surface area contributed by atoms with Crippen LogP contribution in [-0.2, 0) is 22.2 Å². The number of likely N-dealkylation sites (tertiary alicyclic amines) is 1. The predicted octanol–water partition coefficient (Wildman–Crippen LogP) is 3.75. The van der Waals surface area contributed by atoms with Crippen LogP contribution >= 0.6 is 11.8 Å². The summed E-state index contributed by atoms with van der Waals surface area (Å²) in [7, 11) is 0. The Morgan fingerprint density at radius 2 is 2.10 bits per heavy atom. The van der Waals surface area contributed by atoms with Gasteiger partial charge in [0.2, 0.25) is 5.91 Å². The molecule has 30 heavy (non-hydrogen) atoms. The van der Waals surface area contributed by atoms with Gasteiger partial charge in [-0.05, 0) is 30.2 Å². The fourth-order valence-corrected chi connectivity index (χ4v) is 4.16. The lowest BCUT2D eigenvalue weighted by atomic mass is 10.0. The third kappa shape index (κ3) is 8.02. The van der Waals surface area contributed by atoms with Crippen LogP contribution in [0, 0.1) is 0 Å². The Hall–Kier alpha value is -2.00. The highest BCUT2D eigenvalue weighted by Gasteiger charge is 2.31. The highest BCUT2D eigenvalue weighted by atomic mass is 32.2. The van der Waals surface area contributed by atoms with E-state index in [1.807, 2.05) is 0 Å². The molecule has 0 unspecified atom stereocenters. The molecular weight excluding hydrogens is 419 g/mol. The topological polar surface area (TPSA) is 77.8 Å². The number of carbonyl (C=O) groups excluding carboxylic acids is 1. The first-order valence-corrected chi connectivity index (χ1v) is 10.9. The lowest BCUT2D eigenvalue weighted by Gasteiger charge is -2.22. The summed E-state index contributed by atoms with van der Waals surface area (Å²) < 4.78 is 38.4. The molecule has 1 aliphatic heterocycles. The van der Waals surface area contributed by atoms with Crippen LogP contribution in [0.2, 0.25) is 0 Å². The minimum absolute atomic E-state index is 0.0307. The second-order valence-electron chi connectivity index (χ2n) is 7.16. The molecule has 0 aliphatic carbocycles. The van der Waals surface area contributed by atoms with Crippen molar-refractivity contribution in [3.63, 3.8) is 0 Å². The number of aliphatic hydroxyl groups is 1. The van der Waals surface area contributed by atoms with Gasteiger partial charge in [0, 0.05) is 31.6 Å². The molecule has 0 spiro atoms. The molecule has 0 saturated carbocycles. The van der Waals surface area contributed by atoms with Crippen LogP contribution in [0.25, 0.3) is 0 Å². The average Bonchev–Trinajstić information content (AvgIpc) is 3.02. The summed E-state index contributed by atoms with van der Waals surface area (Å²) in [5.74, 6) is 0.620. The molecular formula is C21H26F3NO4S. The monoisotopic (exact) mass is 445 g/mol. The number of aliphatic carboxylic acids is 1. The van der Waals surface area contributed by atoms with Crippen LogP contribution in [0.3, 0.4) is 0 Å². The molecule has 0 bridgehead atoms. The van der Waals surface area contributed by atoms with Gasteiger partial charge in [-0.2, -0.15) is 24.9 Å². The Kier molecular flexibility index (Phi) is 9.23. The largest absolute Gasteiger partial charge is 0.481 e. The maximum Gasteiger partial charge on any atom is 0.416 e. The van der Waals surface area contributed by atoms with Crippen molar-refractivity contribution in [1.29, 1.82) is 0 Å². The van der Waals surface area contributed by atoms with Crippen molar-refractivity contribution in [2.24, 2.45) is 0 Å². The first-order valence-electron chi connectivity index (χ1n) is 9.78. The van der Waals surface area contributed by atoms with E-state index in [2.05, 4.69) is 0 Å². The minimum Gasteiger partial charge on any atom is -0.481 e. The quantitative estimate of drug-likeness (QED) is 0.401. The first kappa shape index (κ1) is 24.3. The van der Waals surface area contributed by atoms with Gasteiger partial charge in [0.05, 0.1) is 17.7 Å². The van der Waals surface area contributed by atoms with Gasteiger partial charge in [0.15, 0.2) is 0 Å². The maximum atomic E-state index is 12.8. The molecule has 5 nitrogen and oxygen atoms in total.